The molecule has 1 N–H and O–H groups in total. The zero-order valence-electron chi connectivity index (χ0n) is 9.12. The Kier molecular flexibility index (Phi) is 5.60. The number of hydrogen-bond donors (Lipinski definition) is 1. The summed E-state index contributed by atoms with van der Waals surface area (Å²) in [6.07, 6.45) is 3.41. The van der Waals surface area contributed by atoms with Gasteiger partial charge in [0, 0.05) is 12.1 Å². The molecule has 0 saturated carbocycles. The van der Waals surface area contributed by atoms with Crippen LogP contribution in [0.5, 0.6) is 0 Å². The molecule has 14 heavy (non-hydrogen) atoms. The molecular formula is C11H19NS2. The Morgan fingerprint density at radius 1 is 1.50 bits per heavy atom. The van der Waals surface area contributed by atoms with Gasteiger partial charge in [-0.3, -0.25) is 0 Å². The van der Waals surface area contributed by atoms with Gasteiger partial charge in [0.1, 0.15) is 0 Å². The summed E-state index contributed by atoms with van der Waals surface area (Å²) in [5.74, 6) is 1.24. The fourth-order valence-corrected chi connectivity index (χ4v) is 2.77. The van der Waals surface area contributed by atoms with Crippen LogP contribution in [-0.2, 0) is 0 Å². The molecule has 3 heteroatoms. The molecule has 80 valence electrons. The molecular weight excluding hydrogens is 210 g/mol. The fraction of sp³-hybridized carbons (Fsp3) is 0.636. The van der Waals surface area contributed by atoms with Crippen molar-refractivity contribution in [3.05, 3.63) is 22.4 Å². The first-order valence-electron chi connectivity index (χ1n) is 5.01. The normalized spacial score (nSPS) is 15.4. The number of hydrogen-bond acceptors (Lipinski definition) is 3. The number of thioether (sulfide) groups is 1. The molecule has 1 heterocycles. The number of nitrogens with one attached hydrogen (secondary N) is 1. The average molecular weight is 229 g/mol. The van der Waals surface area contributed by atoms with Gasteiger partial charge >= 0.3 is 0 Å². The van der Waals surface area contributed by atoms with Crippen LogP contribution < -0.4 is 5.32 Å². The second kappa shape index (κ2) is 6.49. The minimum atomic E-state index is 0.484. The highest BCUT2D eigenvalue weighted by Gasteiger charge is 2.08. The van der Waals surface area contributed by atoms with Crippen LogP contribution in [0.25, 0.3) is 0 Å². The van der Waals surface area contributed by atoms with Crippen molar-refractivity contribution in [2.45, 2.75) is 32.4 Å². The Balaban J connectivity index is 2.29. The minimum absolute atomic E-state index is 0.484. The molecule has 1 rings (SSSR count). The number of rotatable bonds is 6. The molecule has 1 nitrogen and oxygen atoms in total. The Morgan fingerprint density at radius 3 is 2.86 bits per heavy atom. The van der Waals surface area contributed by atoms with Crippen LogP contribution in [0.3, 0.4) is 0 Å². The van der Waals surface area contributed by atoms with Gasteiger partial charge in [0.2, 0.25) is 0 Å². The Labute approximate surface area is 95.3 Å². The van der Waals surface area contributed by atoms with Crippen molar-refractivity contribution in [1.82, 2.24) is 5.32 Å². The summed E-state index contributed by atoms with van der Waals surface area (Å²) in [6, 6.07) is 3.29. The van der Waals surface area contributed by atoms with Gasteiger partial charge in [0.25, 0.3) is 0 Å². The van der Waals surface area contributed by atoms with E-state index in [1.807, 2.05) is 11.8 Å². The van der Waals surface area contributed by atoms with Gasteiger partial charge in [-0.1, -0.05) is 0 Å². The first-order chi connectivity index (χ1) is 6.74. The molecule has 0 amide bonds. The van der Waals surface area contributed by atoms with Crippen molar-refractivity contribution in [1.29, 1.82) is 0 Å². The van der Waals surface area contributed by atoms with Crippen LogP contribution >= 0.6 is 23.1 Å². The molecule has 0 spiro atoms. The molecule has 0 aliphatic rings. The first kappa shape index (κ1) is 12.1. The Bertz CT molecular complexity index is 233. The van der Waals surface area contributed by atoms with E-state index in [2.05, 4.69) is 42.2 Å². The Morgan fingerprint density at radius 2 is 2.29 bits per heavy atom. The van der Waals surface area contributed by atoms with E-state index in [9.17, 15) is 0 Å². The standard InChI is InChI=1S/C11H19NS2/c1-9(4-6-13-3)12-10(2)11-5-7-14-8-11/h5,7-10,12H,4,6H2,1-3H3. The van der Waals surface area contributed by atoms with Crippen LogP contribution in [0.2, 0.25) is 0 Å². The highest BCUT2D eigenvalue weighted by atomic mass is 32.2. The molecule has 2 atom stereocenters. The molecule has 0 fully saturated rings. The predicted molar refractivity (Wildman–Crippen MR) is 68.3 cm³/mol. The van der Waals surface area contributed by atoms with E-state index in [1.165, 1.54) is 17.7 Å². The predicted octanol–water partition coefficient (Wildman–Crippen LogP) is 3.54. The molecule has 1 aromatic heterocycles. The summed E-state index contributed by atoms with van der Waals surface area (Å²) in [5, 5.41) is 7.97. The molecule has 0 bridgehead atoms. The van der Waals surface area contributed by atoms with Crippen molar-refractivity contribution in [2.75, 3.05) is 12.0 Å². The highest BCUT2D eigenvalue weighted by molar-refractivity contribution is 7.98. The highest BCUT2D eigenvalue weighted by Crippen LogP contribution is 2.16. The SMILES string of the molecule is CSCCC(C)NC(C)c1ccsc1. The van der Waals surface area contributed by atoms with Crippen LogP contribution in [0, 0.1) is 0 Å². The lowest BCUT2D eigenvalue weighted by atomic mass is 10.1. The first-order valence-corrected chi connectivity index (χ1v) is 7.34. The summed E-state index contributed by atoms with van der Waals surface area (Å²) in [5.41, 5.74) is 1.41. The quantitative estimate of drug-likeness (QED) is 0.801. The van der Waals surface area contributed by atoms with E-state index < -0.39 is 0 Å². The third kappa shape index (κ3) is 4.03. The van der Waals surface area contributed by atoms with Gasteiger partial charge in [0.05, 0.1) is 0 Å². The van der Waals surface area contributed by atoms with Crippen molar-refractivity contribution in [2.24, 2.45) is 0 Å². The molecule has 0 saturated heterocycles. The monoisotopic (exact) mass is 229 g/mol. The van der Waals surface area contributed by atoms with Crippen molar-refractivity contribution >= 4 is 23.1 Å². The van der Waals surface area contributed by atoms with E-state index in [1.54, 1.807) is 11.3 Å². The minimum Gasteiger partial charge on any atom is -0.308 e. The molecule has 1 aromatic rings. The van der Waals surface area contributed by atoms with Crippen molar-refractivity contribution in [3.63, 3.8) is 0 Å². The maximum absolute atomic E-state index is 3.61. The molecule has 0 aromatic carbocycles. The average Bonchev–Trinajstić information content (AvgIpc) is 2.67. The third-order valence-electron chi connectivity index (χ3n) is 2.33. The summed E-state index contributed by atoms with van der Waals surface area (Å²) in [4.78, 5) is 0. The van der Waals surface area contributed by atoms with E-state index in [0.717, 1.165) is 0 Å². The maximum atomic E-state index is 3.61. The van der Waals surface area contributed by atoms with Gasteiger partial charge in [-0.15, -0.1) is 0 Å². The third-order valence-corrected chi connectivity index (χ3v) is 3.68. The van der Waals surface area contributed by atoms with Crippen LogP contribution in [0.15, 0.2) is 16.8 Å². The molecule has 2 unspecified atom stereocenters. The van der Waals surface area contributed by atoms with Gasteiger partial charge in [-0.2, -0.15) is 23.1 Å². The molecule has 0 aliphatic heterocycles. The smallest absolute Gasteiger partial charge is 0.0302 e. The summed E-state index contributed by atoms with van der Waals surface area (Å²) >= 11 is 3.69. The lowest BCUT2D eigenvalue weighted by molar-refractivity contribution is 0.472. The van der Waals surface area contributed by atoms with Crippen LogP contribution in [0.1, 0.15) is 31.9 Å². The van der Waals surface area contributed by atoms with E-state index in [-0.39, 0.29) is 0 Å². The Hall–Kier alpha value is 0.01000. The fourth-order valence-electron chi connectivity index (χ4n) is 1.42. The summed E-state index contributed by atoms with van der Waals surface area (Å²) in [6.45, 7) is 4.50. The lowest BCUT2D eigenvalue weighted by Crippen LogP contribution is -2.29. The van der Waals surface area contributed by atoms with Gasteiger partial charge in [0.15, 0.2) is 0 Å². The van der Waals surface area contributed by atoms with Crippen molar-refractivity contribution < 1.29 is 0 Å². The van der Waals surface area contributed by atoms with Gasteiger partial charge in [-0.05, 0) is 54.7 Å². The van der Waals surface area contributed by atoms with E-state index in [4.69, 9.17) is 0 Å². The lowest BCUT2D eigenvalue weighted by Gasteiger charge is -2.18. The topological polar surface area (TPSA) is 12.0 Å². The largest absolute Gasteiger partial charge is 0.308 e. The van der Waals surface area contributed by atoms with Gasteiger partial charge in [-0.25, -0.2) is 0 Å². The summed E-state index contributed by atoms with van der Waals surface area (Å²) < 4.78 is 0. The zero-order chi connectivity index (χ0) is 10.4. The second-order valence-electron chi connectivity index (χ2n) is 3.63. The van der Waals surface area contributed by atoms with Gasteiger partial charge < -0.3 is 5.32 Å². The van der Waals surface area contributed by atoms with E-state index >= 15 is 0 Å². The maximum Gasteiger partial charge on any atom is 0.0302 e. The zero-order valence-corrected chi connectivity index (χ0v) is 10.8. The van der Waals surface area contributed by atoms with Crippen molar-refractivity contribution in [3.8, 4) is 0 Å². The number of thiophene rings is 1. The second-order valence-corrected chi connectivity index (χ2v) is 5.39. The molecule has 0 radical (unpaired) electrons. The summed E-state index contributed by atoms with van der Waals surface area (Å²) in [7, 11) is 0. The molecule has 0 aliphatic carbocycles. The van der Waals surface area contributed by atoms with Crippen LogP contribution in [-0.4, -0.2) is 18.1 Å². The van der Waals surface area contributed by atoms with E-state index in [0.29, 0.717) is 12.1 Å². The van der Waals surface area contributed by atoms with Crippen LogP contribution in [0.4, 0.5) is 0 Å².